The van der Waals surface area contributed by atoms with Crippen LogP contribution in [0.25, 0.3) is 22.3 Å². The molecule has 5 aromatic carbocycles. The SMILES string of the molecule is CC(C)c1ccc(-c2ccc(OP(=O)(Oc3ccccc3)Oc3ccc(-c4ccc(C(C)C)cc4)cc3)cc2)cc1. The summed E-state index contributed by atoms with van der Waals surface area (Å²) in [5, 5.41) is 0. The van der Waals surface area contributed by atoms with Crippen LogP contribution in [0, 0.1) is 0 Å². The summed E-state index contributed by atoms with van der Waals surface area (Å²) in [6.45, 7) is 8.72. The number of para-hydroxylation sites is 1. The number of benzene rings is 5. The van der Waals surface area contributed by atoms with Gasteiger partial charge in [-0.2, -0.15) is 4.57 Å². The predicted octanol–water partition coefficient (Wildman–Crippen LogP) is 10.9. The van der Waals surface area contributed by atoms with Crippen molar-refractivity contribution in [2.45, 2.75) is 39.5 Å². The topological polar surface area (TPSA) is 44.8 Å². The molecule has 0 saturated carbocycles. The Morgan fingerprint density at radius 3 is 1.02 bits per heavy atom. The Kier molecular flexibility index (Phi) is 8.61. The van der Waals surface area contributed by atoms with E-state index in [9.17, 15) is 4.57 Å². The first kappa shape index (κ1) is 28.3. The quantitative estimate of drug-likeness (QED) is 0.159. The molecule has 0 spiro atoms. The zero-order valence-electron chi connectivity index (χ0n) is 23.9. The lowest BCUT2D eigenvalue weighted by atomic mass is 9.99. The van der Waals surface area contributed by atoms with Gasteiger partial charge in [0.05, 0.1) is 0 Å². The number of phosphoric acid groups is 1. The Bertz CT molecular complexity index is 1490. The van der Waals surface area contributed by atoms with Crippen LogP contribution in [0.3, 0.4) is 0 Å². The van der Waals surface area contributed by atoms with Gasteiger partial charge in [0.25, 0.3) is 0 Å². The summed E-state index contributed by atoms with van der Waals surface area (Å²) >= 11 is 0. The van der Waals surface area contributed by atoms with E-state index in [-0.39, 0.29) is 0 Å². The lowest BCUT2D eigenvalue weighted by Gasteiger charge is -2.20. The molecule has 0 heterocycles. The van der Waals surface area contributed by atoms with Crippen LogP contribution < -0.4 is 13.6 Å². The Balaban J connectivity index is 1.35. The molecule has 0 aliphatic rings. The number of hydrogen-bond donors (Lipinski definition) is 0. The predicted molar refractivity (Wildman–Crippen MR) is 168 cm³/mol. The van der Waals surface area contributed by atoms with Crippen LogP contribution in [-0.4, -0.2) is 0 Å². The third-order valence-corrected chi connectivity index (χ3v) is 8.23. The van der Waals surface area contributed by atoms with Gasteiger partial charge in [-0.3, -0.25) is 0 Å². The third-order valence-electron chi connectivity index (χ3n) is 6.92. The van der Waals surface area contributed by atoms with E-state index in [0.717, 1.165) is 22.3 Å². The van der Waals surface area contributed by atoms with Crippen LogP contribution in [0.1, 0.15) is 50.7 Å². The fourth-order valence-corrected chi connectivity index (χ4v) is 5.71. The normalized spacial score (nSPS) is 11.5. The van der Waals surface area contributed by atoms with Crippen molar-refractivity contribution in [3.8, 4) is 39.5 Å². The lowest BCUT2D eigenvalue weighted by Crippen LogP contribution is -2.07. The minimum Gasteiger partial charge on any atom is -0.386 e. The average Bonchev–Trinajstić information content (AvgIpc) is 2.98. The van der Waals surface area contributed by atoms with Gasteiger partial charge < -0.3 is 13.6 Å². The zero-order valence-corrected chi connectivity index (χ0v) is 24.8. The second kappa shape index (κ2) is 12.5. The van der Waals surface area contributed by atoms with Crippen molar-refractivity contribution in [3.63, 3.8) is 0 Å². The van der Waals surface area contributed by atoms with Gasteiger partial charge in [0.15, 0.2) is 0 Å². The van der Waals surface area contributed by atoms with E-state index in [4.69, 9.17) is 13.6 Å². The summed E-state index contributed by atoms with van der Waals surface area (Å²) in [4.78, 5) is 0. The first-order chi connectivity index (χ1) is 19.8. The van der Waals surface area contributed by atoms with Gasteiger partial charge >= 0.3 is 7.82 Å². The van der Waals surface area contributed by atoms with E-state index in [1.165, 1.54) is 11.1 Å². The summed E-state index contributed by atoms with van der Waals surface area (Å²) in [5.41, 5.74) is 6.84. The standard InChI is InChI=1S/C36H35O4P/c1-26(2)28-10-14-30(15-11-28)32-18-22-35(23-19-32)39-41(37,38-34-8-6-5-7-9-34)40-36-24-20-33(21-25-36)31-16-12-29(13-17-31)27(3)4/h5-27H,1-4H3. The second-order valence-electron chi connectivity index (χ2n) is 10.6. The highest BCUT2D eigenvalue weighted by molar-refractivity contribution is 7.49. The van der Waals surface area contributed by atoms with Crippen molar-refractivity contribution in [3.05, 3.63) is 139 Å². The molecule has 0 amide bonds. The van der Waals surface area contributed by atoms with Crippen LogP contribution in [0.2, 0.25) is 0 Å². The van der Waals surface area contributed by atoms with Gasteiger partial charge in [-0.05, 0) is 81.6 Å². The fraction of sp³-hybridized carbons (Fsp3) is 0.167. The zero-order chi connectivity index (χ0) is 28.8. The maximum Gasteiger partial charge on any atom is 0.647 e. The summed E-state index contributed by atoms with van der Waals surface area (Å²) in [6, 6.07) is 40.8. The molecule has 5 rings (SSSR count). The molecule has 0 N–H and O–H groups in total. The molecule has 5 heteroatoms. The third kappa shape index (κ3) is 7.28. The Hall–Kier alpha value is -4.27. The fourth-order valence-electron chi connectivity index (χ4n) is 4.46. The molecular formula is C36H35O4P. The second-order valence-corrected chi connectivity index (χ2v) is 12.1. The lowest BCUT2D eigenvalue weighted by molar-refractivity contribution is 0.298. The molecule has 208 valence electrons. The summed E-state index contributed by atoms with van der Waals surface area (Å²) < 4.78 is 31.6. The summed E-state index contributed by atoms with van der Waals surface area (Å²) in [7, 11) is -4.09. The first-order valence-corrected chi connectivity index (χ1v) is 15.4. The molecule has 0 bridgehead atoms. The van der Waals surface area contributed by atoms with Gasteiger partial charge in [-0.1, -0.05) is 119 Å². The van der Waals surface area contributed by atoms with Crippen molar-refractivity contribution in [1.82, 2.24) is 0 Å². The minimum absolute atomic E-state index is 0.383. The van der Waals surface area contributed by atoms with E-state index in [0.29, 0.717) is 29.1 Å². The molecule has 0 fully saturated rings. The highest BCUT2D eigenvalue weighted by Gasteiger charge is 2.33. The monoisotopic (exact) mass is 562 g/mol. The van der Waals surface area contributed by atoms with E-state index in [1.807, 2.05) is 30.3 Å². The van der Waals surface area contributed by atoms with Crippen LogP contribution in [0.4, 0.5) is 0 Å². The molecule has 5 aromatic rings. The number of hydrogen-bond acceptors (Lipinski definition) is 4. The van der Waals surface area contributed by atoms with E-state index >= 15 is 0 Å². The van der Waals surface area contributed by atoms with Gasteiger partial charge in [0.2, 0.25) is 0 Å². The summed E-state index contributed by atoms with van der Waals surface area (Å²) in [6.07, 6.45) is 0. The number of phosphoric ester groups is 1. The largest absolute Gasteiger partial charge is 0.647 e. The molecule has 0 aliphatic carbocycles. The van der Waals surface area contributed by atoms with Crippen molar-refractivity contribution in [1.29, 1.82) is 0 Å². The maximum absolute atomic E-state index is 14.0. The molecule has 41 heavy (non-hydrogen) atoms. The van der Waals surface area contributed by atoms with E-state index in [2.05, 4.69) is 76.2 Å². The molecule has 0 aromatic heterocycles. The van der Waals surface area contributed by atoms with Crippen molar-refractivity contribution < 1.29 is 18.1 Å². The first-order valence-electron chi connectivity index (χ1n) is 13.9. The summed E-state index contributed by atoms with van der Waals surface area (Å²) in [5.74, 6) is 2.11. The minimum atomic E-state index is -4.09. The van der Waals surface area contributed by atoms with Gasteiger partial charge in [0.1, 0.15) is 17.2 Å². The maximum atomic E-state index is 14.0. The Morgan fingerprint density at radius 1 is 0.415 bits per heavy atom. The smallest absolute Gasteiger partial charge is 0.386 e. The molecule has 0 saturated heterocycles. The Morgan fingerprint density at radius 2 is 0.707 bits per heavy atom. The number of rotatable bonds is 10. The van der Waals surface area contributed by atoms with E-state index < -0.39 is 7.82 Å². The van der Waals surface area contributed by atoms with Crippen LogP contribution >= 0.6 is 7.82 Å². The Labute approximate surface area is 243 Å². The average molecular weight is 563 g/mol. The van der Waals surface area contributed by atoms with Crippen molar-refractivity contribution in [2.24, 2.45) is 0 Å². The van der Waals surface area contributed by atoms with Gasteiger partial charge in [0, 0.05) is 0 Å². The molecule has 0 radical (unpaired) electrons. The van der Waals surface area contributed by atoms with Crippen LogP contribution in [-0.2, 0) is 4.57 Å². The molecular weight excluding hydrogens is 527 g/mol. The molecule has 0 aliphatic heterocycles. The van der Waals surface area contributed by atoms with Crippen LogP contribution in [0.5, 0.6) is 17.2 Å². The molecule has 0 atom stereocenters. The van der Waals surface area contributed by atoms with Gasteiger partial charge in [-0.25, -0.2) is 0 Å². The van der Waals surface area contributed by atoms with Gasteiger partial charge in [-0.15, -0.1) is 0 Å². The molecule has 4 nitrogen and oxygen atoms in total. The van der Waals surface area contributed by atoms with E-state index in [1.54, 1.807) is 48.5 Å². The highest BCUT2D eigenvalue weighted by Crippen LogP contribution is 2.50. The van der Waals surface area contributed by atoms with Crippen LogP contribution in [0.15, 0.2) is 127 Å². The van der Waals surface area contributed by atoms with Crippen molar-refractivity contribution in [2.75, 3.05) is 0 Å². The van der Waals surface area contributed by atoms with Crippen molar-refractivity contribution >= 4 is 7.82 Å². The molecule has 0 unspecified atom stereocenters. The highest BCUT2D eigenvalue weighted by atomic mass is 31.2.